The van der Waals surface area contributed by atoms with Gasteiger partial charge in [-0.15, -0.1) is 0 Å². The minimum absolute atomic E-state index is 0.207. The second kappa shape index (κ2) is 6.59. The van der Waals surface area contributed by atoms with Gasteiger partial charge < -0.3 is 10.3 Å². The van der Waals surface area contributed by atoms with Crippen molar-refractivity contribution < 1.29 is 15.8 Å². The van der Waals surface area contributed by atoms with Crippen molar-refractivity contribution in [1.29, 1.82) is 0 Å². The molecule has 26 heavy (non-hydrogen) atoms. The summed E-state index contributed by atoms with van der Waals surface area (Å²) in [5.74, 6) is -1.83. The maximum atomic E-state index is 12.9. The molecule has 0 aliphatic carbocycles. The standard InChI is InChI=1S/C19H20N4O3/c1-19(2,3)16-13(20-11-21-16)9-14-18(26)23(10-15(24)22-14)17(25)12-7-5-4-6-8-12/h4-9,11H,10H2,1-3H3,(H,20,21)(H,22,24)/b14-9-/i9D. The van der Waals surface area contributed by atoms with Crippen LogP contribution in [0.3, 0.4) is 0 Å². The summed E-state index contributed by atoms with van der Waals surface area (Å²) in [7, 11) is 0. The van der Waals surface area contributed by atoms with E-state index in [4.69, 9.17) is 1.37 Å². The molecule has 0 unspecified atom stereocenters. The largest absolute Gasteiger partial charge is 0.345 e. The topological polar surface area (TPSA) is 95.2 Å². The third kappa shape index (κ3) is 3.42. The molecule has 2 heterocycles. The van der Waals surface area contributed by atoms with Crippen molar-refractivity contribution in [3.63, 3.8) is 0 Å². The lowest BCUT2D eigenvalue weighted by molar-refractivity contribution is -0.134. The highest BCUT2D eigenvalue weighted by Crippen LogP contribution is 2.24. The molecule has 0 spiro atoms. The molecular weight excluding hydrogens is 332 g/mol. The zero-order valence-corrected chi connectivity index (χ0v) is 14.8. The number of rotatable bonds is 2. The van der Waals surface area contributed by atoms with E-state index in [0.717, 1.165) is 4.90 Å². The van der Waals surface area contributed by atoms with Crippen LogP contribution in [-0.2, 0) is 15.0 Å². The smallest absolute Gasteiger partial charge is 0.277 e. The minimum Gasteiger partial charge on any atom is -0.345 e. The van der Waals surface area contributed by atoms with Gasteiger partial charge in [-0.2, -0.15) is 0 Å². The SMILES string of the molecule is [2H]/C(=C1/NC(=O)CN(C(=O)c2ccccc2)C1=O)c1[nH]cnc1C(C)(C)C. The Labute approximate surface area is 152 Å². The van der Waals surface area contributed by atoms with E-state index in [-0.39, 0.29) is 17.2 Å². The number of imide groups is 1. The highest BCUT2D eigenvalue weighted by molar-refractivity contribution is 6.16. The summed E-state index contributed by atoms with van der Waals surface area (Å²) in [6.45, 7) is 5.39. The zero-order valence-electron chi connectivity index (χ0n) is 15.8. The van der Waals surface area contributed by atoms with E-state index < -0.39 is 24.3 Å². The van der Waals surface area contributed by atoms with Gasteiger partial charge >= 0.3 is 0 Å². The first-order valence-corrected chi connectivity index (χ1v) is 8.16. The quantitative estimate of drug-likeness (QED) is 0.636. The van der Waals surface area contributed by atoms with E-state index >= 15 is 0 Å². The predicted molar refractivity (Wildman–Crippen MR) is 95.9 cm³/mol. The van der Waals surface area contributed by atoms with Crippen molar-refractivity contribution in [2.75, 3.05) is 6.54 Å². The Hall–Kier alpha value is -3.22. The maximum absolute atomic E-state index is 12.9. The fourth-order valence-electron chi connectivity index (χ4n) is 2.65. The molecule has 0 atom stereocenters. The van der Waals surface area contributed by atoms with Gasteiger partial charge in [0.05, 0.1) is 19.1 Å². The first-order chi connectivity index (χ1) is 12.7. The highest BCUT2D eigenvalue weighted by atomic mass is 16.2. The van der Waals surface area contributed by atoms with Gasteiger partial charge in [0, 0.05) is 11.0 Å². The van der Waals surface area contributed by atoms with Gasteiger partial charge in [-0.1, -0.05) is 39.0 Å². The van der Waals surface area contributed by atoms with Crippen molar-refractivity contribution in [2.24, 2.45) is 0 Å². The number of piperazine rings is 1. The highest BCUT2D eigenvalue weighted by Gasteiger charge is 2.33. The van der Waals surface area contributed by atoms with Crippen LogP contribution < -0.4 is 5.32 Å². The normalized spacial score (nSPS) is 17.7. The molecular formula is C19H20N4O3. The van der Waals surface area contributed by atoms with Crippen LogP contribution in [0.5, 0.6) is 0 Å². The number of H-pyrrole nitrogens is 1. The van der Waals surface area contributed by atoms with E-state index in [2.05, 4.69) is 15.3 Å². The second-order valence-corrected chi connectivity index (χ2v) is 6.99. The number of aromatic nitrogens is 2. The minimum atomic E-state index is -0.720. The van der Waals surface area contributed by atoms with Crippen molar-refractivity contribution in [3.8, 4) is 0 Å². The van der Waals surface area contributed by atoms with Crippen LogP contribution in [-0.4, -0.2) is 39.1 Å². The average Bonchev–Trinajstić information content (AvgIpc) is 3.13. The number of imidazole rings is 1. The molecule has 7 heteroatoms. The third-order valence-corrected chi connectivity index (χ3v) is 3.89. The number of hydrogen-bond donors (Lipinski definition) is 2. The lowest BCUT2D eigenvalue weighted by atomic mass is 9.90. The Morgan fingerprint density at radius 3 is 2.62 bits per heavy atom. The number of amides is 3. The van der Waals surface area contributed by atoms with Crippen molar-refractivity contribution in [3.05, 3.63) is 59.3 Å². The van der Waals surface area contributed by atoms with Gasteiger partial charge in [-0.3, -0.25) is 19.3 Å². The number of benzene rings is 1. The third-order valence-electron chi connectivity index (χ3n) is 3.89. The number of hydrogen-bond acceptors (Lipinski definition) is 4. The molecule has 1 aliphatic heterocycles. The van der Waals surface area contributed by atoms with Crippen LogP contribution in [0.15, 0.2) is 42.4 Å². The molecule has 2 N–H and O–H groups in total. The Morgan fingerprint density at radius 2 is 1.96 bits per heavy atom. The molecule has 3 amide bonds. The summed E-state index contributed by atoms with van der Waals surface area (Å²) in [4.78, 5) is 45.6. The van der Waals surface area contributed by atoms with Crippen molar-refractivity contribution >= 4 is 23.8 Å². The Balaban J connectivity index is 2.02. The summed E-state index contributed by atoms with van der Waals surface area (Å²) in [5, 5.41) is 2.43. The van der Waals surface area contributed by atoms with Gasteiger partial charge in [0.25, 0.3) is 11.8 Å². The predicted octanol–water partition coefficient (Wildman–Crippen LogP) is 1.85. The summed E-state index contributed by atoms with van der Waals surface area (Å²) < 4.78 is 8.44. The van der Waals surface area contributed by atoms with Gasteiger partial charge in [-0.25, -0.2) is 4.98 Å². The van der Waals surface area contributed by atoms with Crippen molar-refractivity contribution in [2.45, 2.75) is 26.2 Å². The molecule has 2 aromatic rings. The van der Waals surface area contributed by atoms with E-state index in [0.29, 0.717) is 17.0 Å². The number of nitrogens with zero attached hydrogens (tertiary/aromatic N) is 2. The van der Waals surface area contributed by atoms with E-state index in [9.17, 15) is 14.4 Å². The number of nitrogens with one attached hydrogen (secondary N) is 2. The molecule has 0 bridgehead atoms. The first-order valence-electron chi connectivity index (χ1n) is 8.66. The molecule has 1 saturated heterocycles. The fourth-order valence-corrected chi connectivity index (χ4v) is 2.65. The molecule has 0 radical (unpaired) electrons. The summed E-state index contributed by atoms with van der Waals surface area (Å²) in [6.07, 6.45) is 1.44. The molecule has 7 nitrogen and oxygen atoms in total. The van der Waals surface area contributed by atoms with Crippen LogP contribution in [0.4, 0.5) is 0 Å². The number of carbonyl (C=O) groups excluding carboxylic acids is 3. The van der Waals surface area contributed by atoms with Gasteiger partial charge in [0.1, 0.15) is 12.2 Å². The van der Waals surface area contributed by atoms with Crippen LogP contribution in [0.2, 0.25) is 0 Å². The van der Waals surface area contributed by atoms with Gasteiger partial charge in [0.2, 0.25) is 5.91 Å². The van der Waals surface area contributed by atoms with Crippen LogP contribution in [0, 0.1) is 0 Å². The second-order valence-electron chi connectivity index (χ2n) is 6.99. The lowest BCUT2D eigenvalue weighted by Crippen LogP contribution is -2.52. The molecule has 134 valence electrons. The van der Waals surface area contributed by atoms with E-state index in [1.165, 1.54) is 6.33 Å². The summed E-state index contributed by atoms with van der Waals surface area (Å²) in [5.41, 5.74) is 0.603. The average molecular weight is 353 g/mol. The zero-order chi connectivity index (χ0) is 19.8. The molecule has 3 rings (SSSR count). The molecule has 1 fully saturated rings. The first kappa shape index (κ1) is 16.3. The number of aromatic amines is 1. The fraction of sp³-hybridized carbons (Fsp3) is 0.263. The van der Waals surface area contributed by atoms with E-state index in [1.54, 1.807) is 30.3 Å². The number of carbonyl (C=O) groups is 3. The van der Waals surface area contributed by atoms with Gasteiger partial charge in [0.15, 0.2) is 0 Å². The van der Waals surface area contributed by atoms with Crippen molar-refractivity contribution in [1.82, 2.24) is 20.2 Å². The molecule has 1 aromatic carbocycles. The van der Waals surface area contributed by atoms with Crippen LogP contribution in [0.25, 0.3) is 6.05 Å². The van der Waals surface area contributed by atoms with Crippen LogP contribution >= 0.6 is 0 Å². The molecule has 1 aliphatic rings. The van der Waals surface area contributed by atoms with Gasteiger partial charge in [-0.05, 0) is 18.2 Å². The van der Waals surface area contributed by atoms with E-state index in [1.807, 2.05) is 20.8 Å². The molecule has 0 saturated carbocycles. The monoisotopic (exact) mass is 353 g/mol. The lowest BCUT2D eigenvalue weighted by Gasteiger charge is -2.27. The summed E-state index contributed by atoms with van der Waals surface area (Å²) >= 11 is 0. The summed E-state index contributed by atoms with van der Waals surface area (Å²) in [6, 6.07) is 8.03. The maximum Gasteiger partial charge on any atom is 0.277 e. The molecule has 1 aromatic heterocycles. The Morgan fingerprint density at radius 1 is 1.27 bits per heavy atom. The van der Waals surface area contributed by atoms with Crippen LogP contribution in [0.1, 0.15) is 43.9 Å². The Bertz CT molecular complexity index is 941. The Kier molecular flexibility index (Phi) is 4.12.